The van der Waals surface area contributed by atoms with E-state index in [9.17, 15) is 0 Å². The van der Waals surface area contributed by atoms with Crippen LogP contribution < -0.4 is 0 Å². The van der Waals surface area contributed by atoms with Gasteiger partial charge in [0, 0.05) is 0 Å². The maximum Gasteiger partial charge on any atom is 2.00 e. The summed E-state index contributed by atoms with van der Waals surface area (Å²) in [4.78, 5) is 0. The van der Waals surface area contributed by atoms with Crippen LogP contribution in [0.4, 0.5) is 5.69 Å². The van der Waals surface area contributed by atoms with E-state index in [-0.39, 0.29) is 46.5 Å². The molecule has 0 bridgehead atoms. The van der Waals surface area contributed by atoms with Gasteiger partial charge in [0.15, 0.2) is 0 Å². The van der Waals surface area contributed by atoms with Gasteiger partial charge in [-0.2, -0.15) is 12.5 Å². The van der Waals surface area contributed by atoms with Crippen LogP contribution in [0.2, 0.25) is 0 Å². The molecule has 0 aromatic heterocycles. The molecule has 0 saturated carbocycles. The van der Waals surface area contributed by atoms with Crippen LogP contribution >= 0.6 is 24.8 Å². The predicted molar refractivity (Wildman–Crippen MR) is 120 cm³/mol. The van der Waals surface area contributed by atoms with Gasteiger partial charge >= 0.3 is 21.7 Å². The van der Waals surface area contributed by atoms with Gasteiger partial charge in [0.2, 0.25) is 0 Å². The number of hydrogen-bond acceptors (Lipinski definition) is 0. The molecule has 27 heavy (non-hydrogen) atoms. The Hall–Kier alpha value is -1.64. The quantitative estimate of drug-likeness (QED) is 0.275. The van der Waals surface area contributed by atoms with Crippen LogP contribution in [0.5, 0.6) is 0 Å². The third-order valence-corrected chi connectivity index (χ3v) is 4.31. The van der Waals surface area contributed by atoms with Gasteiger partial charge in [-0.3, -0.25) is 0 Å². The van der Waals surface area contributed by atoms with Gasteiger partial charge in [0.25, 0.3) is 0 Å². The number of halogens is 2. The zero-order valence-corrected chi connectivity index (χ0v) is 18.4. The van der Waals surface area contributed by atoms with Crippen LogP contribution in [0.1, 0.15) is 24.5 Å². The van der Waals surface area contributed by atoms with Gasteiger partial charge in [0.05, 0.1) is 0 Å². The van der Waals surface area contributed by atoms with Crippen molar-refractivity contribution in [3.63, 3.8) is 0 Å². The second-order valence-electron chi connectivity index (χ2n) is 5.95. The van der Waals surface area contributed by atoms with E-state index in [0.29, 0.717) is 5.69 Å². The van der Waals surface area contributed by atoms with Crippen molar-refractivity contribution in [2.45, 2.75) is 13.3 Å². The van der Waals surface area contributed by atoms with Crippen LogP contribution in [0.3, 0.4) is 0 Å². The summed E-state index contributed by atoms with van der Waals surface area (Å²) in [7, 11) is 0. The Balaban J connectivity index is 0.000000585. The minimum Gasteiger partial charge on any atom is -0.699 e. The molecule has 3 aromatic rings. The molecule has 0 fully saturated rings. The van der Waals surface area contributed by atoms with Gasteiger partial charge in [-0.15, -0.1) is 53.6 Å². The fourth-order valence-corrected chi connectivity index (χ4v) is 2.99. The van der Waals surface area contributed by atoms with Crippen LogP contribution in [-0.2, 0) is 21.7 Å². The third kappa shape index (κ3) is 6.19. The van der Waals surface area contributed by atoms with Crippen molar-refractivity contribution in [3.05, 3.63) is 108 Å². The Kier molecular flexibility index (Phi) is 11.2. The standard InChI is InChI=1S/C17H15.C6H6N.2ClH.Ti/c1-12-6-5-9-15(12)17-11-10-14-7-3-4-8-16(14)13(17)2;7-6-4-2-1-3-5-6;;;/h3-8,10-11H,2,9H2,1H3;1-5,7H;2*1H;/q2*-1;;;+2. The first-order valence-corrected chi connectivity index (χ1v) is 8.14. The molecule has 0 aliphatic heterocycles. The van der Waals surface area contributed by atoms with E-state index in [1.807, 2.05) is 18.2 Å². The van der Waals surface area contributed by atoms with Gasteiger partial charge in [-0.1, -0.05) is 83.3 Å². The molecule has 0 atom stereocenters. The Bertz CT molecular complexity index is 918. The molecule has 138 valence electrons. The summed E-state index contributed by atoms with van der Waals surface area (Å²) in [5, 5.41) is 2.53. The zero-order valence-electron chi connectivity index (χ0n) is 15.2. The first-order chi connectivity index (χ1) is 11.7. The topological polar surface area (TPSA) is 23.8 Å². The Morgan fingerprint density at radius 3 is 2.04 bits per heavy atom. The number of fused-ring (bicyclic) bond motifs is 1. The predicted octanol–water partition coefficient (Wildman–Crippen LogP) is 7.97. The molecule has 1 N–H and O–H groups in total. The fraction of sp³-hybridized carbons (Fsp3) is 0.0870. The Morgan fingerprint density at radius 1 is 0.852 bits per heavy atom. The van der Waals surface area contributed by atoms with E-state index >= 15 is 0 Å². The van der Waals surface area contributed by atoms with E-state index in [0.717, 1.165) is 12.0 Å². The SMILES string of the molecule is Cl.Cl.[CH2-]c1c(C2=C(C)C=CC2)ccc2ccccc12.[NH-]c1ccccc1.[Ti+2]. The van der Waals surface area contributed by atoms with Gasteiger partial charge in [-0.25, -0.2) is 0 Å². The molecule has 1 nitrogen and oxygen atoms in total. The van der Waals surface area contributed by atoms with Gasteiger partial charge < -0.3 is 5.73 Å². The monoisotopic (exact) mass is 431 g/mol. The molecule has 0 radical (unpaired) electrons. The normalized spacial score (nSPS) is 11.6. The second-order valence-corrected chi connectivity index (χ2v) is 5.95. The summed E-state index contributed by atoms with van der Waals surface area (Å²) in [6.07, 6.45) is 5.45. The van der Waals surface area contributed by atoms with E-state index < -0.39 is 0 Å². The van der Waals surface area contributed by atoms with Gasteiger partial charge in [-0.05, 0) is 13.3 Å². The molecule has 1 aliphatic rings. The first-order valence-electron chi connectivity index (χ1n) is 8.14. The van der Waals surface area contributed by atoms with Crippen molar-refractivity contribution in [2.75, 3.05) is 0 Å². The van der Waals surface area contributed by atoms with Crippen molar-refractivity contribution < 1.29 is 21.7 Å². The number of rotatable bonds is 1. The van der Waals surface area contributed by atoms with Crippen LogP contribution in [0.15, 0.2) is 84.5 Å². The summed E-state index contributed by atoms with van der Waals surface area (Å²) >= 11 is 0. The smallest absolute Gasteiger partial charge is 0.699 e. The summed E-state index contributed by atoms with van der Waals surface area (Å²) in [6, 6.07) is 21.9. The molecule has 0 spiro atoms. The van der Waals surface area contributed by atoms with E-state index in [2.05, 4.69) is 62.4 Å². The minimum absolute atomic E-state index is 0. The van der Waals surface area contributed by atoms with E-state index in [1.165, 1.54) is 27.5 Å². The van der Waals surface area contributed by atoms with Gasteiger partial charge in [0.1, 0.15) is 0 Å². The van der Waals surface area contributed by atoms with E-state index in [1.54, 1.807) is 12.1 Å². The largest absolute Gasteiger partial charge is 2.00 e. The van der Waals surface area contributed by atoms with E-state index in [4.69, 9.17) is 5.73 Å². The maximum atomic E-state index is 7.00. The summed E-state index contributed by atoms with van der Waals surface area (Å²) in [5.74, 6) is 0. The van der Waals surface area contributed by atoms with Crippen molar-refractivity contribution in [1.82, 2.24) is 0 Å². The summed E-state index contributed by atoms with van der Waals surface area (Å²) in [5.41, 5.74) is 12.8. The van der Waals surface area contributed by atoms with Crippen molar-refractivity contribution in [3.8, 4) is 0 Å². The first kappa shape index (κ1) is 25.4. The number of allylic oxidation sites excluding steroid dienone is 4. The molecule has 0 heterocycles. The maximum absolute atomic E-state index is 7.00. The number of hydrogen-bond donors (Lipinski definition) is 0. The minimum atomic E-state index is 0. The van der Waals surface area contributed by atoms with Crippen molar-refractivity contribution in [2.24, 2.45) is 0 Å². The average Bonchev–Trinajstić information content (AvgIpc) is 3.03. The molecule has 0 saturated heterocycles. The molecule has 4 heteroatoms. The Morgan fingerprint density at radius 2 is 1.48 bits per heavy atom. The summed E-state index contributed by atoms with van der Waals surface area (Å²) < 4.78 is 0. The molecule has 0 amide bonds. The fourth-order valence-electron chi connectivity index (χ4n) is 2.99. The summed E-state index contributed by atoms with van der Waals surface area (Å²) in [6.45, 7) is 6.44. The van der Waals surface area contributed by atoms with Crippen molar-refractivity contribution >= 4 is 46.8 Å². The van der Waals surface area contributed by atoms with Crippen LogP contribution in [-0.4, -0.2) is 0 Å². The second kappa shape index (κ2) is 11.9. The molecule has 1 aliphatic carbocycles. The van der Waals surface area contributed by atoms with Crippen LogP contribution in [0.25, 0.3) is 22.1 Å². The van der Waals surface area contributed by atoms with Crippen LogP contribution in [0, 0.1) is 6.92 Å². The Labute approximate surface area is 189 Å². The molecule has 0 unspecified atom stereocenters. The van der Waals surface area contributed by atoms with Crippen molar-refractivity contribution in [1.29, 1.82) is 0 Å². The average molecular weight is 432 g/mol. The third-order valence-electron chi connectivity index (χ3n) is 4.31. The molecular weight excluding hydrogens is 409 g/mol. The molecule has 3 aromatic carbocycles. The number of benzene rings is 3. The zero-order chi connectivity index (χ0) is 16.9. The molecular formula is C23H23Cl2NTi. The number of nitrogens with one attached hydrogen (secondary N) is 1. The molecule has 4 rings (SSSR count).